The maximum atomic E-state index is 13.8. The summed E-state index contributed by atoms with van der Waals surface area (Å²) < 4.78 is 45.0. The van der Waals surface area contributed by atoms with Crippen molar-refractivity contribution in [3.05, 3.63) is 82.9 Å². The second kappa shape index (κ2) is 11.8. The first-order valence-corrected chi connectivity index (χ1v) is 14.4. The molecule has 3 aromatic rings. The van der Waals surface area contributed by atoms with Gasteiger partial charge in [-0.05, 0) is 41.5 Å². The first-order valence-electron chi connectivity index (χ1n) is 12.6. The van der Waals surface area contributed by atoms with Gasteiger partial charge in [-0.3, -0.25) is 9.69 Å². The Morgan fingerprint density at radius 1 is 0.949 bits per heavy atom. The number of ether oxygens (including phenoxy) is 3. The number of hydrogen-bond acceptors (Lipinski definition) is 7. The van der Waals surface area contributed by atoms with Gasteiger partial charge in [-0.2, -0.15) is 4.31 Å². The Balaban J connectivity index is 1.28. The summed E-state index contributed by atoms with van der Waals surface area (Å²) in [5, 5.41) is 0.263. The highest BCUT2D eigenvalue weighted by Crippen LogP contribution is 2.33. The zero-order chi connectivity index (χ0) is 27.4. The summed E-state index contributed by atoms with van der Waals surface area (Å²) >= 11 is 6.14. The van der Waals surface area contributed by atoms with Crippen LogP contribution in [0.3, 0.4) is 0 Å². The highest BCUT2D eigenvalue weighted by molar-refractivity contribution is 7.89. The predicted molar refractivity (Wildman–Crippen MR) is 146 cm³/mol. The van der Waals surface area contributed by atoms with Gasteiger partial charge < -0.3 is 19.1 Å². The van der Waals surface area contributed by atoms with Gasteiger partial charge in [0.2, 0.25) is 22.7 Å². The Morgan fingerprint density at radius 2 is 1.69 bits per heavy atom. The van der Waals surface area contributed by atoms with E-state index in [1.54, 1.807) is 11.0 Å². The normalized spacial score (nSPS) is 15.5. The van der Waals surface area contributed by atoms with Gasteiger partial charge in [0.1, 0.15) is 10.6 Å². The van der Waals surface area contributed by atoms with Crippen LogP contribution in [0.4, 0.5) is 0 Å². The second-order valence-electron chi connectivity index (χ2n) is 9.40. The van der Waals surface area contributed by atoms with Crippen molar-refractivity contribution in [2.45, 2.75) is 18.0 Å². The van der Waals surface area contributed by atoms with E-state index >= 15 is 0 Å². The molecular formula is C28H30ClN3O6S. The van der Waals surface area contributed by atoms with Crippen molar-refractivity contribution in [3.63, 3.8) is 0 Å². The van der Waals surface area contributed by atoms with Crippen LogP contribution in [0.1, 0.15) is 11.1 Å². The van der Waals surface area contributed by atoms with Gasteiger partial charge in [-0.1, -0.05) is 48.0 Å². The van der Waals surface area contributed by atoms with Gasteiger partial charge in [-0.15, -0.1) is 0 Å². The molecule has 11 heteroatoms. The van der Waals surface area contributed by atoms with Crippen LogP contribution < -0.4 is 14.2 Å². The lowest BCUT2D eigenvalue weighted by Gasteiger charge is -2.35. The number of nitrogens with zero attached hydrogens (tertiary/aromatic N) is 3. The maximum absolute atomic E-state index is 13.8. The van der Waals surface area contributed by atoms with Crippen LogP contribution in [-0.2, 0) is 27.9 Å². The van der Waals surface area contributed by atoms with Crippen molar-refractivity contribution in [3.8, 4) is 17.2 Å². The number of fused-ring (bicyclic) bond motifs is 1. The van der Waals surface area contributed by atoms with Crippen LogP contribution in [0, 0.1) is 0 Å². The number of rotatable bonds is 9. The van der Waals surface area contributed by atoms with E-state index in [4.69, 9.17) is 25.8 Å². The van der Waals surface area contributed by atoms with Gasteiger partial charge in [0.05, 0.1) is 13.7 Å². The van der Waals surface area contributed by atoms with E-state index in [0.717, 1.165) is 29.2 Å². The number of hydrogen-bond donors (Lipinski definition) is 0. The van der Waals surface area contributed by atoms with Crippen LogP contribution >= 0.6 is 11.6 Å². The van der Waals surface area contributed by atoms with Gasteiger partial charge in [0, 0.05) is 44.3 Å². The van der Waals surface area contributed by atoms with E-state index < -0.39 is 10.0 Å². The third kappa shape index (κ3) is 6.30. The topological polar surface area (TPSA) is 88.6 Å². The molecule has 39 heavy (non-hydrogen) atoms. The largest absolute Gasteiger partial charge is 0.495 e. The summed E-state index contributed by atoms with van der Waals surface area (Å²) in [5.41, 5.74) is 1.87. The highest BCUT2D eigenvalue weighted by atomic mass is 35.5. The number of amides is 1. The highest BCUT2D eigenvalue weighted by Gasteiger charge is 2.32. The van der Waals surface area contributed by atoms with Gasteiger partial charge in [0.15, 0.2) is 11.5 Å². The molecule has 0 aromatic heterocycles. The van der Waals surface area contributed by atoms with Crippen LogP contribution in [0.5, 0.6) is 17.2 Å². The minimum Gasteiger partial charge on any atom is -0.495 e. The summed E-state index contributed by atoms with van der Waals surface area (Å²) in [6, 6.07) is 19.5. The Morgan fingerprint density at radius 3 is 2.44 bits per heavy atom. The average molecular weight is 572 g/mol. The van der Waals surface area contributed by atoms with Crippen molar-refractivity contribution < 1.29 is 27.4 Å². The minimum absolute atomic E-state index is 0.0364. The number of carbonyl (C=O) groups excluding carboxylic acids is 1. The van der Waals surface area contributed by atoms with E-state index in [1.807, 2.05) is 48.5 Å². The van der Waals surface area contributed by atoms with Crippen LogP contribution in [0.15, 0.2) is 71.6 Å². The number of halogens is 1. The zero-order valence-corrected chi connectivity index (χ0v) is 23.2. The van der Waals surface area contributed by atoms with Gasteiger partial charge >= 0.3 is 0 Å². The van der Waals surface area contributed by atoms with Gasteiger partial charge in [-0.25, -0.2) is 8.42 Å². The molecule has 1 amide bonds. The first-order chi connectivity index (χ1) is 18.8. The molecule has 1 saturated heterocycles. The first kappa shape index (κ1) is 27.3. The number of sulfonamides is 1. The predicted octanol–water partition coefficient (Wildman–Crippen LogP) is 3.61. The van der Waals surface area contributed by atoms with E-state index in [2.05, 4.69) is 4.90 Å². The summed E-state index contributed by atoms with van der Waals surface area (Å²) in [6.45, 7) is 3.06. The van der Waals surface area contributed by atoms with Crippen molar-refractivity contribution in [1.29, 1.82) is 0 Å². The Labute approximate surface area is 233 Å². The molecule has 2 aliphatic rings. The van der Waals surface area contributed by atoms with Crippen molar-refractivity contribution in [2.75, 3.05) is 46.6 Å². The van der Waals surface area contributed by atoms with Crippen LogP contribution in [0.25, 0.3) is 0 Å². The fourth-order valence-electron chi connectivity index (χ4n) is 4.71. The maximum Gasteiger partial charge on any atom is 0.247 e. The molecule has 2 heterocycles. The standard InChI is InChI=1S/C28H30ClN3O6S/c1-36-25-10-8-23(29)16-27(25)39(34,35)32(18-21-5-3-2-4-6-21)19-28(33)31-13-11-30(12-14-31)17-22-7-9-24-26(15-22)38-20-37-24/h2-10,15-16H,11-14,17-20H2,1H3. The fourth-order valence-corrected chi connectivity index (χ4v) is 6.50. The van der Waals surface area contributed by atoms with Crippen molar-refractivity contribution >= 4 is 27.5 Å². The summed E-state index contributed by atoms with van der Waals surface area (Å²) in [5.74, 6) is 1.41. The molecule has 0 aliphatic carbocycles. The number of benzene rings is 3. The molecule has 0 bridgehead atoms. The quantitative estimate of drug-likeness (QED) is 0.388. The molecule has 0 atom stereocenters. The van der Waals surface area contributed by atoms with E-state index in [1.165, 1.54) is 23.5 Å². The summed E-state index contributed by atoms with van der Waals surface area (Å²) in [7, 11) is -2.71. The average Bonchev–Trinajstić information content (AvgIpc) is 3.41. The van der Waals surface area contributed by atoms with Crippen molar-refractivity contribution in [2.24, 2.45) is 0 Å². The lowest BCUT2D eigenvalue weighted by Crippen LogP contribution is -2.51. The Kier molecular flexibility index (Phi) is 8.27. The van der Waals surface area contributed by atoms with E-state index in [0.29, 0.717) is 26.2 Å². The van der Waals surface area contributed by atoms with Crippen LogP contribution in [-0.4, -0.2) is 75.1 Å². The monoisotopic (exact) mass is 571 g/mol. The third-order valence-corrected chi connectivity index (χ3v) is 8.87. The molecule has 2 aliphatic heterocycles. The molecule has 0 N–H and O–H groups in total. The van der Waals surface area contributed by atoms with E-state index in [-0.39, 0.29) is 41.5 Å². The molecular weight excluding hydrogens is 542 g/mol. The van der Waals surface area contributed by atoms with Gasteiger partial charge in [0.25, 0.3) is 0 Å². The third-order valence-electron chi connectivity index (χ3n) is 6.83. The SMILES string of the molecule is COc1ccc(Cl)cc1S(=O)(=O)N(CC(=O)N1CCN(Cc2ccc3c(c2)OCO3)CC1)Cc1ccccc1. The van der Waals surface area contributed by atoms with Crippen molar-refractivity contribution in [1.82, 2.24) is 14.1 Å². The molecule has 0 spiro atoms. The molecule has 0 saturated carbocycles. The minimum atomic E-state index is -4.11. The Bertz CT molecular complexity index is 1430. The summed E-state index contributed by atoms with van der Waals surface area (Å²) in [4.78, 5) is 17.3. The molecule has 0 unspecified atom stereocenters. The summed E-state index contributed by atoms with van der Waals surface area (Å²) in [6.07, 6.45) is 0. The molecule has 0 radical (unpaired) electrons. The van der Waals surface area contributed by atoms with E-state index in [9.17, 15) is 13.2 Å². The molecule has 5 rings (SSSR count). The van der Waals surface area contributed by atoms with Crippen LogP contribution in [0.2, 0.25) is 5.02 Å². The Hall–Kier alpha value is -3.31. The molecule has 1 fully saturated rings. The number of carbonyl (C=O) groups is 1. The second-order valence-corrected chi connectivity index (χ2v) is 11.7. The molecule has 3 aromatic carbocycles. The lowest BCUT2D eigenvalue weighted by atomic mass is 10.1. The molecule has 206 valence electrons. The zero-order valence-electron chi connectivity index (χ0n) is 21.6. The smallest absolute Gasteiger partial charge is 0.247 e. The number of piperazine rings is 1. The lowest BCUT2D eigenvalue weighted by molar-refractivity contribution is -0.133. The number of methoxy groups -OCH3 is 1. The fraction of sp³-hybridized carbons (Fsp3) is 0.321. The molecule has 9 nitrogen and oxygen atoms in total.